The van der Waals surface area contributed by atoms with Gasteiger partial charge in [-0.3, -0.25) is 4.79 Å². The first kappa shape index (κ1) is 23.1. The molecule has 0 aliphatic heterocycles. The van der Waals surface area contributed by atoms with Crippen molar-refractivity contribution < 1.29 is 19.1 Å². The number of rotatable bonds is 5. The molecule has 1 aliphatic rings. The van der Waals surface area contributed by atoms with Crippen LogP contribution in [0.3, 0.4) is 0 Å². The Bertz CT molecular complexity index is 1130. The predicted molar refractivity (Wildman–Crippen MR) is 129 cm³/mol. The molecule has 9 heteroatoms. The molecule has 0 bridgehead atoms. The molecule has 8 nitrogen and oxygen atoms in total. The molecule has 0 saturated heterocycles. The van der Waals surface area contributed by atoms with Gasteiger partial charge in [0.25, 0.3) is 5.91 Å². The molecule has 0 unspecified atom stereocenters. The van der Waals surface area contributed by atoms with E-state index in [0.29, 0.717) is 28.2 Å². The minimum Gasteiger partial charge on any atom is -0.494 e. The third-order valence-corrected chi connectivity index (χ3v) is 6.49. The smallest absolute Gasteiger partial charge is 0.407 e. The summed E-state index contributed by atoms with van der Waals surface area (Å²) in [6.45, 7) is 5.54. The number of methoxy groups -OCH3 is 1. The highest BCUT2D eigenvalue weighted by Crippen LogP contribution is 2.31. The molecule has 2 heterocycles. The number of aromatic amines is 1. The molecule has 33 heavy (non-hydrogen) atoms. The molecular formula is C24H30N4O4S. The molecule has 1 fully saturated rings. The Morgan fingerprint density at radius 1 is 1.09 bits per heavy atom. The second-order valence-corrected chi connectivity index (χ2v) is 10.2. The van der Waals surface area contributed by atoms with Crippen LogP contribution < -0.4 is 15.4 Å². The summed E-state index contributed by atoms with van der Waals surface area (Å²) in [5, 5.41) is 8.07. The van der Waals surface area contributed by atoms with E-state index >= 15 is 0 Å². The van der Waals surface area contributed by atoms with Crippen LogP contribution in [0.2, 0.25) is 0 Å². The number of amides is 2. The van der Waals surface area contributed by atoms with Crippen molar-refractivity contribution in [3.8, 4) is 16.5 Å². The second kappa shape index (κ2) is 9.43. The molecule has 0 spiro atoms. The SMILES string of the molecule is COc1ccc(C(=O)N[C@H]2CC[C@H](NC(=O)OC(C)(C)C)CC2)c2nc(-c3cccs3)[nH]c12. The van der Waals surface area contributed by atoms with Crippen LogP contribution in [-0.4, -0.2) is 46.8 Å². The van der Waals surface area contributed by atoms with Crippen LogP contribution in [0.4, 0.5) is 4.79 Å². The van der Waals surface area contributed by atoms with Crippen molar-refractivity contribution in [2.45, 2.75) is 64.1 Å². The fourth-order valence-electron chi connectivity index (χ4n) is 4.07. The van der Waals surface area contributed by atoms with E-state index in [-0.39, 0.29) is 18.0 Å². The maximum absolute atomic E-state index is 13.1. The summed E-state index contributed by atoms with van der Waals surface area (Å²) >= 11 is 1.58. The summed E-state index contributed by atoms with van der Waals surface area (Å²) in [5.74, 6) is 1.20. The average Bonchev–Trinajstić information content (AvgIpc) is 3.43. The molecule has 3 N–H and O–H groups in total. The summed E-state index contributed by atoms with van der Waals surface area (Å²) in [6.07, 6.45) is 2.75. The lowest BCUT2D eigenvalue weighted by Crippen LogP contribution is -2.45. The van der Waals surface area contributed by atoms with Crippen molar-refractivity contribution in [2.75, 3.05) is 7.11 Å². The zero-order valence-corrected chi connectivity index (χ0v) is 20.2. The quantitative estimate of drug-likeness (QED) is 0.494. The average molecular weight is 471 g/mol. The van der Waals surface area contributed by atoms with Gasteiger partial charge < -0.3 is 25.1 Å². The Kier molecular flexibility index (Phi) is 6.60. The van der Waals surface area contributed by atoms with Crippen molar-refractivity contribution in [1.82, 2.24) is 20.6 Å². The van der Waals surface area contributed by atoms with Gasteiger partial charge in [0.1, 0.15) is 28.2 Å². The van der Waals surface area contributed by atoms with Gasteiger partial charge in [0.05, 0.1) is 17.6 Å². The van der Waals surface area contributed by atoms with Gasteiger partial charge in [0.2, 0.25) is 0 Å². The largest absolute Gasteiger partial charge is 0.494 e. The molecule has 3 aromatic rings. The number of ether oxygens (including phenoxy) is 2. The number of imidazole rings is 1. The number of hydrogen-bond donors (Lipinski definition) is 3. The summed E-state index contributed by atoms with van der Waals surface area (Å²) in [6, 6.07) is 7.59. The molecule has 0 atom stereocenters. The number of alkyl carbamates (subject to hydrolysis) is 1. The number of carbonyl (C=O) groups is 2. The Hall–Kier alpha value is -3.07. The lowest BCUT2D eigenvalue weighted by molar-refractivity contribution is 0.0488. The van der Waals surface area contributed by atoms with Crippen LogP contribution in [0.5, 0.6) is 5.75 Å². The lowest BCUT2D eigenvalue weighted by atomic mass is 9.91. The Morgan fingerprint density at radius 2 is 1.79 bits per heavy atom. The first-order chi connectivity index (χ1) is 15.7. The van der Waals surface area contributed by atoms with Crippen LogP contribution in [0.15, 0.2) is 29.6 Å². The molecule has 1 saturated carbocycles. The van der Waals surface area contributed by atoms with Crippen molar-refractivity contribution in [1.29, 1.82) is 0 Å². The molecule has 0 radical (unpaired) electrons. The van der Waals surface area contributed by atoms with Gasteiger partial charge in [-0.2, -0.15) is 0 Å². The highest BCUT2D eigenvalue weighted by molar-refractivity contribution is 7.13. The second-order valence-electron chi connectivity index (χ2n) is 9.27. The molecule has 1 aromatic carbocycles. The molecule has 4 rings (SSSR count). The number of aromatic nitrogens is 2. The van der Waals surface area contributed by atoms with E-state index in [1.165, 1.54) is 0 Å². The van der Waals surface area contributed by atoms with E-state index in [2.05, 4.69) is 15.6 Å². The van der Waals surface area contributed by atoms with Crippen LogP contribution in [0.25, 0.3) is 21.7 Å². The third-order valence-electron chi connectivity index (χ3n) is 5.61. The number of hydrogen-bond acceptors (Lipinski definition) is 6. The fraction of sp³-hybridized carbons (Fsp3) is 0.458. The Labute approximate surface area is 197 Å². The minimum absolute atomic E-state index is 0.0436. The van der Waals surface area contributed by atoms with Crippen LogP contribution in [-0.2, 0) is 4.74 Å². The van der Waals surface area contributed by atoms with E-state index in [1.54, 1.807) is 30.6 Å². The van der Waals surface area contributed by atoms with Crippen LogP contribution in [0.1, 0.15) is 56.8 Å². The van der Waals surface area contributed by atoms with Crippen molar-refractivity contribution in [3.05, 3.63) is 35.2 Å². The van der Waals surface area contributed by atoms with Crippen LogP contribution in [0, 0.1) is 0 Å². The van der Waals surface area contributed by atoms with Gasteiger partial charge in [0, 0.05) is 12.1 Å². The molecule has 1 aliphatic carbocycles. The minimum atomic E-state index is -0.519. The topological polar surface area (TPSA) is 105 Å². The summed E-state index contributed by atoms with van der Waals surface area (Å²) in [7, 11) is 1.60. The van der Waals surface area contributed by atoms with Crippen LogP contribution >= 0.6 is 11.3 Å². The number of carbonyl (C=O) groups excluding carboxylic acids is 2. The maximum Gasteiger partial charge on any atom is 0.407 e. The van der Waals surface area contributed by atoms with Gasteiger partial charge in [0.15, 0.2) is 0 Å². The van der Waals surface area contributed by atoms with Crippen molar-refractivity contribution in [2.24, 2.45) is 0 Å². The van der Waals surface area contributed by atoms with E-state index in [9.17, 15) is 9.59 Å². The number of nitrogens with zero attached hydrogens (tertiary/aromatic N) is 1. The van der Waals surface area contributed by atoms with E-state index in [1.807, 2.05) is 38.3 Å². The van der Waals surface area contributed by atoms with Crippen molar-refractivity contribution >= 4 is 34.4 Å². The number of benzene rings is 1. The summed E-state index contributed by atoms with van der Waals surface area (Å²) in [5.41, 5.74) is 1.29. The summed E-state index contributed by atoms with van der Waals surface area (Å²) < 4.78 is 10.8. The number of nitrogens with one attached hydrogen (secondary N) is 3. The van der Waals surface area contributed by atoms with Gasteiger partial charge >= 0.3 is 6.09 Å². The van der Waals surface area contributed by atoms with E-state index in [4.69, 9.17) is 14.5 Å². The first-order valence-electron chi connectivity index (χ1n) is 11.1. The monoisotopic (exact) mass is 470 g/mol. The lowest BCUT2D eigenvalue weighted by Gasteiger charge is -2.30. The number of thiophene rings is 1. The van der Waals surface area contributed by atoms with E-state index < -0.39 is 11.7 Å². The van der Waals surface area contributed by atoms with Gasteiger partial charge in [-0.15, -0.1) is 11.3 Å². The third kappa shape index (κ3) is 5.47. The maximum atomic E-state index is 13.1. The Balaban J connectivity index is 1.42. The molecular weight excluding hydrogens is 440 g/mol. The highest BCUT2D eigenvalue weighted by atomic mass is 32.1. The molecule has 176 valence electrons. The number of fused-ring (bicyclic) bond motifs is 1. The van der Waals surface area contributed by atoms with E-state index in [0.717, 1.165) is 30.6 Å². The molecule has 2 aromatic heterocycles. The summed E-state index contributed by atoms with van der Waals surface area (Å²) in [4.78, 5) is 34.2. The highest BCUT2D eigenvalue weighted by Gasteiger charge is 2.27. The number of H-pyrrole nitrogens is 1. The first-order valence-corrected chi connectivity index (χ1v) is 12.0. The van der Waals surface area contributed by atoms with Gasteiger partial charge in [-0.1, -0.05) is 6.07 Å². The van der Waals surface area contributed by atoms with Crippen molar-refractivity contribution in [3.63, 3.8) is 0 Å². The normalized spacial score (nSPS) is 18.7. The predicted octanol–water partition coefficient (Wildman–Crippen LogP) is 4.87. The molecule has 2 amide bonds. The van der Waals surface area contributed by atoms with Gasteiger partial charge in [-0.05, 0) is 70.0 Å². The fourth-order valence-corrected chi connectivity index (χ4v) is 4.74. The van der Waals surface area contributed by atoms with Gasteiger partial charge in [-0.25, -0.2) is 9.78 Å². The zero-order valence-electron chi connectivity index (χ0n) is 19.4. The standard InChI is InChI=1S/C24H30N4O4S/c1-24(2,3)32-23(30)26-15-9-7-14(8-10-15)25-22(29)16-11-12-17(31-4)20-19(16)27-21(28-20)18-6-5-13-33-18/h5-6,11-15H,7-10H2,1-4H3,(H,25,29)(H,26,30)(H,27,28)/t14-,15-. The zero-order chi connectivity index (χ0) is 23.6. The Morgan fingerprint density at radius 3 is 2.39 bits per heavy atom.